The van der Waals surface area contributed by atoms with Gasteiger partial charge in [-0.2, -0.15) is 0 Å². The van der Waals surface area contributed by atoms with Gasteiger partial charge in [0.1, 0.15) is 6.10 Å². The lowest BCUT2D eigenvalue weighted by molar-refractivity contribution is 0.0485. The molecule has 2 heterocycles. The Labute approximate surface area is 160 Å². The number of hydrogen-bond acceptors (Lipinski definition) is 5. The van der Waals surface area contributed by atoms with Gasteiger partial charge < -0.3 is 15.5 Å². The minimum atomic E-state index is -0.0247. The zero-order valence-corrected chi connectivity index (χ0v) is 16.5. The summed E-state index contributed by atoms with van der Waals surface area (Å²) in [5.41, 5.74) is 1.11. The average Bonchev–Trinajstić information content (AvgIpc) is 2.56. The second-order valence-electron chi connectivity index (χ2n) is 8.59. The van der Waals surface area contributed by atoms with Crippen LogP contribution in [-0.2, 0) is 4.74 Å². The molecule has 0 saturated carbocycles. The Morgan fingerprint density at radius 3 is 2.48 bits per heavy atom. The molecule has 1 aromatic carbocycles. The Kier molecular flexibility index (Phi) is 5.16. The summed E-state index contributed by atoms with van der Waals surface area (Å²) in [5, 5.41) is 22.1. The van der Waals surface area contributed by atoms with Gasteiger partial charge in [0, 0.05) is 53.3 Å². The highest BCUT2D eigenvalue weighted by molar-refractivity contribution is 6.10. The van der Waals surface area contributed by atoms with Gasteiger partial charge in [-0.1, -0.05) is 12.1 Å². The van der Waals surface area contributed by atoms with Crippen molar-refractivity contribution >= 4 is 22.4 Å². The number of fused-ring (bicyclic) bond motifs is 1. The van der Waals surface area contributed by atoms with Gasteiger partial charge in [-0.25, -0.2) is 0 Å². The number of benzene rings is 1. The number of hydrogen-bond donors (Lipinski definition) is 3. The quantitative estimate of drug-likeness (QED) is 0.553. The maximum atomic E-state index is 8.28. The van der Waals surface area contributed by atoms with Crippen LogP contribution in [0.15, 0.2) is 48.8 Å². The van der Waals surface area contributed by atoms with Gasteiger partial charge in [0.15, 0.2) is 0 Å². The smallest absolute Gasteiger partial charge is 0.206 e. The molecule has 0 bridgehead atoms. The predicted octanol–water partition coefficient (Wildman–Crippen LogP) is 4.46. The molecule has 0 spiro atoms. The molecule has 1 saturated heterocycles. The van der Waals surface area contributed by atoms with Crippen molar-refractivity contribution in [1.29, 1.82) is 10.8 Å². The summed E-state index contributed by atoms with van der Waals surface area (Å²) < 4.78 is 5.87. The first kappa shape index (κ1) is 19.2. The first-order chi connectivity index (χ1) is 12.6. The molecule has 5 heteroatoms. The lowest BCUT2D eigenvalue weighted by Crippen LogP contribution is -2.59. The minimum absolute atomic E-state index is 0.00393. The van der Waals surface area contributed by atoms with Crippen molar-refractivity contribution in [3.8, 4) is 0 Å². The van der Waals surface area contributed by atoms with E-state index >= 15 is 0 Å². The molecule has 5 nitrogen and oxygen atoms in total. The molecule has 1 aliphatic rings. The molecule has 0 amide bonds. The summed E-state index contributed by atoms with van der Waals surface area (Å²) in [5.74, 6) is 0.100. The van der Waals surface area contributed by atoms with Crippen LogP contribution in [0.2, 0.25) is 0 Å². The second kappa shape index (κ2) is 7.24. The monoisotopic (exact) mass is 364 g/mol. The lowest BCUT2D eigenvalue weighted by Gasteiger charge is -2.46. The highest BCUT2D eigenvalue weighted by Gasteiger charge is 2.38. The molecule has 0 unspecified atom stereocenters. The van der Waals surface area contributed by atoms with Gasteiger partial charge in [0.2, 0.25) is 5.90 Å². The number of pyridine rings is 1. The Hall–Kier alpha value is -2.53. The Balaban J connectivity index is 1.64. The van der Waals surface area contributed by atoms with Crippen molar-refractivity contribution in [2.45, 2.75) is 57.7 Å². The fourth-order valence-corrected chi connectivity index (χ4v) is 4.04. The van der Waals surface area contributed by atoms with Crippen LogP contribution in [0.1, 0.15) is 46.1 Å². The van der Waals surface area contributed by atoms with E-state index in [1.807, 2.05) is 30.5 Å². The first-order valence-corrected chi connectivity index (χ1v) is 9.29. The van der Waals surface area contributed by atoms with E-state index in [1.54, 1.807) is 18.3 Å². The minimum Gasteiger partial charge on any atom is -0.475 e. The van der Waals surface area contributed by atoms with Crippen molar-refractivity contribution in [1.82, 2.24) is 10.3 Å². The maximum Gasteiger partial charge on any atom is 0.206 e. The number of nitrogens with one attached hydrogen (secondary N) is 3. The van der Waals surface area contributed by atoms with Crippen molar-refractivity contribution in [2.24, 2.45) is 0 Å². The molecule has 0 atom stereocenters. The molecule has 1 aliphatic heterocycles. The third kappa shape index (κ3) is 5.01. The van der Waals surface area contributed by atoms with Crippen LogP contribution in [0.25, 0.3) is 10.8 Å². The van der Waals surface area contributed by atoms with E-state index in [0.717, 1.165) is 29.2 Å². The highest BCUT2D eigenvalue weighted by atomic mass is 16.5. The number of ether oxygens (including phenoxy) is 1. The molecule has 1 fully saturated rings. The van der Waals surface area contributed by atoms with E-state index in [4.69, 9.17) is 15.6 Å². The second-order valence-corrected chi connectivity index (χ2v) is 8.59. The SMILES string of the molecule is CC1(C)CC(OC(=N)/C=C\C(=N)c2ccc3cnccc3c2)CC(C)(C)N1. The van der Waals surface area contributed by atoms with Crippen LogP contribution in [0.5, 0.6) is 0 Å². The zero-order valence-electron chi connectivity index (χ0n) is 16.5. The Morgan fingerprint density at radius 1 is 1.07 bits per heavy atom. The highest BCUT2D eigenvalue weighted by Crippen LogP contribution is 2.30. The molecular formula is C22H28N4O. The van der Waals surface area contributed by atoms with Crippen molar-refractivity contribution in [3.05, 3.63) is 54.4 Å². The van der Waals surface area contributed by atoms with Crippen molar-refractivity contribution in [2.75, 3.05) is 0 Å². The fourth-order valence-electron chi connectivity index (χ4n) is 4.04. The fraction of sp³-hybridized carbons (Fsp3) is 0.409. The molecule has 0 radical (unpaired) electrons. The normalized spacial score (nSPS) is 19.3. The van der Waals surface area contributed by atoms with E-state index in [2.05, 4.69) is 38.0 Å². The molecular weight excluding hydrogens is 336 g/mol. The molecule has 3 N–H and O–H groups in total. The van der Waals surface area contributed by atoms with E-state index < -0.39 is 0 Å². The van der Waals surface area contributed by atoms with E-state index in [-0.39, 0.29) is 23.1 Å². The molecule has 27 heavy (non-hydrogen) atoms. The summed E-state index contributed by atoms with van der Waals surface area (Å²) >= 11 is 0. The zero-order chi connectivity index (χ0) is 19.7. The van der Waals surface area contributed by atoms with Gasteiger partial charge in [0.05, 0.1) is 5.71 Å². The lowest BCUT2D eigenvalue weighted by atomic mass is 9.81. The Bertz CT molecular complexity index is 882. The number of allylic oxidation sites excluding steroid dienone is 1. The summed E-state index contributed by atoms with van der Waals surface area (Å²) in [4.78, 5) is 4.11. The molecule has 0 aliphatic carbocycles. The topological polar surface area (TPSA) is 81.8 Å². The maximum absolute atomic E-state index is 8.28. The third-order valence-electron chi connectivity index (χ3n) is 4.80. The van der Waals surface area contributed by atoms with Crippen LogP contribution in [-0.4, -0.2) is 33.8 Å². The predicted molar refractivity (Wildman–Crippen MR) is 111 cm³/mol. The van der Waals surface area contributed by atoms with Crippen LogP contribution < -0.4 is 5.32 Å². The van der Waals surface area contributed by atoms with E-state index in [9.17, 15) is 0 Å². The van der Waals surface area contributed by atoms with Gasteiger partial charge >= 0.3 is 0 Å². The van der Waals surface area contributed by atoms with Gasteiger partial charge in [-0.15, -0.1) is 0 Å². The van der Waals surface area contributed by atoms with E-state index in [0.29, 0.717) is 5.71 Å². The van der Waals surface area contributed by atoms with E-state index in [1.165, 1.54) is 0 Å². The molecule has 1 aromatic heterocycles. The van der Waals surface area contributed by atoms with Crippen molar-refractivity contribution < 1.29 is 4.74 Å². The van der Waals surface area contributed by atoms with Gasteiger partial charge in [-0.3, -0.25) is 10.4 Å². The standard InChI is InChI=1S/C22H28N4O/c1-21(2)12-18(13-22(3,4)26-21)27-20(24)8-7-19(23)16-5-6-17-14-25-10-9-15(17)11-16/h5-11,14,18,23-24,26H,12-13H2,1-4H3/b8-7-,23-19?,24-20?. The van der Waals surface area contributed by atoms with Crippen LogP contribution in [0.3, 0.4) is 0 Å². The first-order valence-electron chi connectivity index (χ1n) is 9.29. The summed E-state index contributed by atoms with van der Waals surface area (Å²) in [6.45, 7) is 8.65. The van der Waals surface area contributed by atoms with Gasteiger partial charge in [0.25, 0.3) is 0 Å². The molecule has 142 valence electrons. The average molecular weight is 364 g/mol. The molecule has 2 aromatic rings. The third-order valence-corrected chi connectivity index (χ3v) is 4.80. The Morgan fingerprint density at radius 2 is 1.78 bits per heavy atom. The largest absolute Gasteiger partial charge is 0.475 e. The van der Waals surface area contributed by atoms with Crippen LogP contribution >= 0.6 is 0 Å². The van der Waals surface area contributed by atoms with Crippen LogP contribution in [0.4, 0.5) is 0 Å². The van der Waals surface area contributed by atoms with Gasteiger partial charge in [-0.05, 0) is 51.3 Å². The van der Waals surface area contributed by atoms with Crippen LogP contribution in [0, 0.1) is 10.8 Å². The van der Waals surface area contributed by atoms with Crippen molar-refractivity contribution in [3.63, 3.8) is 0 Å². The number of aromatic nitrogens is 1. The summed E-state index contributed by atoms with van der Waals surface area (Å²) in [6, 6.07) is 7.76. The summed E-state index contributed by atoms with van der Waals surface area (Å²) in [7, 11) is 0. The summed E-state index contributed by atoms with van der Waals surface area (Å²) in [6.07, 6.45) is 8.45. The number of rotatable bonds is 4. The number of piperidine rings is 1. The number of nitrogens with zero attached hydrogens (tertiary/aromatic N) is 1. The molecule has 3 rings (SSSR count).